The van der Waals surface area contributed by atoms with Crippen LogP contribution in [-0.4, -0.2) is 29.4 Å². The van der Waals surface area contributed by atoms with Crippen LogP contribution >= 0.6 is 11.5 Å². The van der Waals surface area contributed by atoms with Crippen LogP contribution in [0.2, 0.25) is 0 Å². The Labute approximate surface area is 92.8 Å². The second-order valence-corrected chi connectivity index (χ2v) is 4.51. The smallest absolute Gasteiger partial charge is 0.164 e. The number of ether oxygens (including phenoxy) is 1. The number of hydrogen-bond acceptors (Lipinski definition) is 5. The largest absolute Gasteiger partial charge is 0.379 e. The zero-order valence-electron chi connectivity index (χ0n) is 8.87. The number of nitrogens with one attached hydrogen (secondary N) is 1. The van der Waals surface area contributed by atoms with E-state index in [0.717, 1.165) is 29.3 Å². The number of anilines is 1. The van der Waals surface area contributed by atoms with Gasteiger partial charge in [-0.25, -0.2) is 0 Å². The first-order valence-electron chi connectivity index (χ1n) is 5.00. The number of carbonyl (C=O) groups excluding carboxylic acids is 1. The van der Waals surface area contributed by atoms with E-state index in [1.165, 1.54) is 11.5 Å². The Bertz CT molecular complexity index is 369. The van der Waals surface area contributed by atoms with E-state index < -0.39 is 0 Å². The number of hydrogen-bond donors (Lipinski definition) is 1. The molecule has 1 aromatic heterocycles. The first-order chi connectivity index (χ1) is 7.18. The summed E-state index contributed by atoms with van der Waals surface area (Å²) in [5, 5.41) is 4.21. The lowest BCUT2D eigenvalue weighted by molar-refractivity contribution is 0.101. The standard InChI is InChI=1S/C10H14N2O2S/c1-6-9(7(2)13)10(15-12-6)11-8-3-4-14-5-8/h8,11H,3-5H2,1-2H3. The Morgan fingerprint density at radius 2 is 2.47 bits per heavy atom. The van der Waals surface area contributed by atoms with Crippen molar-refractivity contribution < 1.29 is 9.53 Å². The first-order valence-corrected chi connectivity index (χ1v) is 5.77. The molecule has 4 nitrogen and oxygen atoms in total. The summed E-state index contributed by atoms with van der Waals surface area (Å²) in [4.78, 5) is 11.4. The zero-order valence-corrected chi connectivity index (χ0v) is 9.69. The predicted molar refractivity (Wildman–Crippen MR) is 59.7 cm³/mol. The molecule has 2 heterocycles. The number of rotatable bonds is 3. The molecule has 1 atom stereocenters. The van der Waals surface area contributed by atoms with Crippen LogP contribution in [0, 0.1) is 6.92 Å². The molecule has 0 amide bonds. The normalized spacial score (nSPS) is 20.5. The average molecular weight is 226 g/mol. The summed E-state index contributed by atoms with van der Waals surface area (Å²) in [6, 6.07) is 0.322. The molecule has 1 N–H and O–H groups in total. The number of aromatic nitrogens is 1. The van der Waals surface area contributed by atoms with Gasteiger partial charge >= 0.3 is 0 Å². The number of Topliss-reactive ketones (excluding diaryl/α,β-unsaturated/α-hetero) is 1. The fraction of sp³-hybridized carbons (Fsp3) is 0.600. The molecule has 0 spiro atoms. The maximum Gasteiger partial charge on any atom is 0.164 e. The molecule has 5 heteroatoms. The van der Waals surface area contributed by atoms with Crippen LogP contribution in [0.15, 0.2) is 0 Å². The highest BCUT2D eigenvalue weighted by atomic mass is 32.1. The van der Waals surface area contributed by atoms with Gasteiger partial charge in [-0.2, -0.15) is 4.37 Å². The van der Waals surface area contributed by atoms with Gasteiger partial charge in [-0.1, -0.05) is 0 Å². The zero-order chi connectivity index (χ0) is 10.8. The van der Waals surface area contributed by atoms with Crippen LogP contribution in [0.4, 0.5) is 5.00 Å². The fourth-order valence-corrected chi connectivity index (χ4v) is 2.64. The van der Waals surface area contributed by atoms with Crippen molar-refractivity contribution in [3.8, 4) is 0 Å². The highest BCUT2D eigenvalue weighted by Crippen LogP contribution is 2.26. The van der Waals surface area contributed by atoms with E-state index in [1.54, 1.807) is 6.92 Å². The van der Waals surface area contributed by atoms with Gasteiger partial charge in [-0.3, -0.25) is 4.79 Å². The molecule has 2 rings (SSSR count). The Balaban J connectivity index is 2.16. The van der Waals surface area contributed by atoms with Crippen LogP contribution in [0.5, 0.6) is 0 Å². The molecule has 1 unspecified atom stereocenters. The van der Waals surface area contributed by atoms with Crippen molar-refractivity contribution in [2.45, 2.75) is 26.3 Å². The summed E-state index contributed by atoms with van der Waals surface area (Å²) in [5.74, 6) is 0.0719. The predicted octanol–water partition coefficient (Wildman–Crippen LogP) is 1.85. The Morgan fingerprint density at radius 3 is 3.07 bits per heavy atom. The molecular formula is C10H14N2O2S. The quantitative estimate of drug-likeness (QED) is 0.799. The number of ketones is 1. The molecule has 0 radical (unpaired) electrons. The summed E-state index contributed by atoms with van der Waals surface area (Å²) in [7, 11) is 0. The highest BCUT2D eigenvalue weighted by Gasteiger charge is 2.20. The van der Waals surface area contributed by atoms with Crippen molar-refractivity contribution in [1.29, 1.82) is 0 Å². The molecule has 1 saturated heterocycles. The summed E-state index contributed by atoms with van der Waals surface area (Å²) in [6.45, 7) is 4.95. The second kappa shape index (κ2) is 4.28. The van der Waals surface area contributed by atoms with E-state index in [4.69, 9.17) is 4.74 Å². The third kappa shape index (κ3) is 2.18. The van der Waals surface area contributed by atoms with Crippen molar-refractivity contribution >= 4 is 22.3 Å². The molecule has 0 aliphatic carbocycles. The molecule has 1 aliphatic rings. The van der Waals surface area contributed by atoms with E-state index in [1.807, 2.05) is 6.92 Å². The summed E-state index contributed by atoms with van der Waals surface area (Å²) in [5.41, 5.74) is 1.54. The van der Waals surface area contributed by atoms with Crippen LogP contribution < -0.4 is 5.32 Å². The number of nitrogens with zero attached hydrogens (tertiary/aromatic N) is 1. The van der Waals surface area contributed by atoms with Crippen LogP contribution in [0.25, 0.3) is 0 Å². The molecule has 1 aromatic rings. The van der Waals surface area contributed by atoms with E-state index in [2.05, 4.69) is 9.69 Å². The lowest BCUT2D eigenvalue weighted by atomic mass is 10.1. The van der Waals surface area contributed by atoms with Gasteiger partial charge in [0.05, 0.1) is 23.9 Å². The van der Waals surface area contributed by atoms with Gasteiger partial charge in [0.1, 0.15) is 5.00 Å². The Kier molecular flexibility index (Phi) is 3.02. The van der Waals surface area contributed by atoms with E-state index in [0.29, 0.717) is 12.6 Å². The minimum absolute atomic E-state index is 0.0719. The number of aryl methyl sites for hydroxylation is 1. The highest BCUT2D eigenvalue weighted by molar-refractivity contribution is 7.10. The lowest BCUT2D eigenvalue weighted by Gasteiger charge is -2.10. The fourth-order valence-electron chi connectivity index (χ4n) is 1.72. The second-order valence-electron chi connectivity index (χ2n) is 3.73. The van der Waals surface area contributed by atoms with Crippen LogP contribution in [0.1, 0.15) is 29.4 Å². The van der Waals surface area contributed by atoms with E-state index in [9.17, 15) is 4.79 Å². The van der Waals surface area contributed by atoms with Crippen molar-refractivity contribution in [1.82, 2.24) is 4.37 Å². The van der Waals surface area contributed by atoms with E-state index in [-0.39, 0.29) is 5.78 Å². The maximum absolute atomic E-state index is 11.4. The minimum Gasteiger partial charge on any atom is -0.379 e. The third-order valence-electron chi connectivity index (χ3n) is 2.48. The SMILES string of the molecule is CC(=O)c1c(C)nsc1NC1CCOC1. The van der Waals surface area contributed by atoms with Gasteiger partial charge in [-0.05, 0) is 31.8 Å². The van der Waals surface area contributed by atoms with Crippen molar-refractivity contribution in [3.05, 3.63) is 11.3 Å². The molecule has 82 valence electrons. The van der Waals surface area contributed by atoms with Gasteiger partial charge in [-0.15, -0.1) is 0 Å². The molecule has 15 heavy (non-hydrogen) atoms. The first kappa shape index (κ1) is 10.6. The summed E-state index contributed by atoms with van der Waals surface area (Å²) < 4.78 is 9.47. The molecule has 0 saturated carbocycles. The van der Waals surface area contributed by atoms with Gasteiger partial charge in [0, 0.05) is 6.61 Å². The molecule has 1 fully saturated rings. The molecular weight excluding hydrogens is 212 g/mol. The van der Waals surface area contributed by atoms with Crippen molar-refractivity contribution in [3.63, 3.8) is 0 Å². The monoisotopic (exact) mass is 226 g/mol. The molecule has 0 aromatic carbocycles. The van der Waals surface area contributed by atoms with Gasteiger partial charge in [0.25, 0.3) is 0 Å². The van der Waals surface area contributed by atoms with Crippen molar-refractivity contribution in [2.24, 2.45) is 0 Å². The third-order valence-corrected chi connectivity index (χ3v) is 3.35. The van der Waals surface area contributed by atoms with E-state index >= 15 is 0 Å². The summed E-state index contributed by atoms with van der Waals surface area (Å²) >= 11 is 1.35. The van der Waals surface area contributed by atoms with Crippen LogP contribution in [0.3, 0.4) is 0 Å². The molecule has 0 bridgehead atoms. The topological polar surface area (TPSA) is 51.2 Å². The summed E-state index contributed by atoms with van der Waals surface area (Å²) in [6.07, 6.45) is 0.994. The average Bonchev–Trinajstić information content (AvgIpc) is 2.76. The Hall–Kier alpha value is -0.940. The lowest BCUT2D eigenvalue weighted by Crippen LogP contribution is -2.19. The van der Waals surface area contributed by atoms with Gasteiger partial charge in [0.2, 0.25) is 0 Å². The number of carbonyl (C=O) groups is 1. The molecule has 1 aliphatic heterocycles. The minimum atomic E-state index is 0.0719. The maximum atomic E-state index is 11.4. The van der Waals surface area contributed by atoms with Crippen molar-refractivity contribution in [2.75, 3.05) is 18.5 Å². The van der Waals surface area contributed by atoms with Gasteiger partial charge in [0.15, 0.2) is 5.78 Å². The van der Waals surface area contributed by atoms with Gasteiger partial charge < -0.3 is 10.1 Å². The van der Waals surface area contributed by atoms with Crippen LogP contribution in [-0.2, 0) is 4.74 Å². The Morgan fingerprint density at radius 1 is 1.67 bits per heavy atom.